The van der Waals surface area contributed by atoms with Crippen LogP contribution in [0, 0.1) is 11.3 Å². The van der Waals surface area contributed by atoms with Gasteiger partial charge in [0.25, 0.3) is 5.92 Å². The molecule has 0 aromatic heterocycles. The summed E-state index contributed by atoms with van der Waals surface area (Å²) < 4.78 is 39.4. The highest BCUT2D eigenvalue weighted by Gasteiger charge is 2.83. The number of carbonyl (C=O) groups excluding carboxylic acids is 2. The van der Waals surface area contributed by atoms with Gasteiger partial charge in [0.2, 0.25) is 0 Å². The molecular weight excluding hydrogens is 356 g/mol. The largest absolute Gasteiger partial charge is 0.460 e. The predicted octanol–water partition coefficient (Wildman–Crippen LogP) is 4.01. The number of nitrogens with zero attached hydrogens (tertiary/aromatic N) is 1. The lowest BCUT2D eigenvalue weighted by Gasteiger charge is -2.33. The molecule has 27 heavy (non-hydrogen) atoms. The monoisotopic (exact) mass is 381 g/mol. The van der Waals surface area contributed by atoms with Gasteiger partial charge in [-0.3, -0.25) is 4.79 Å². The molecule has 1 saturated heterocycles. The molecule has 1 spiro atoms. The van der Waals surface area contributed by atoms with Gasteiger partial charge in [0.1, 0.15) is 18.1 Å². The van der Waals surface area contributed by atoms with Crippen LogP contribution in [0.25, 0.3) is 0 Å². The van der Waals surface area contributed by atoms with Crippen LogP contribution >= 0.6 is 0 Å². The van der Waals surface area contributed by atoms with E-state index in [1.54, 1.807) is 45.0 Å². The summed E-state index contributed by atoms with van der Waals surface area (Å²) in [6, 6.07) is 8.96. The number of piperidine rings is 1. The van der Waals surface area contributed by atoms with Crippen LogP contribution in [0.2, 0.25) is 0 Å². The van der Waals surface area contributed by atoms with Crippen LogP contribution in [0.4, 0.5) is 13.6 Å². The van der Waals surface area contributed by atoms with Crippen LogP contribution in [-0.4, -0.2) is 41.6 Å². The second-order valence-corrected chi connectivity index (χ2v) is 8.27. The minimum Gasteiger partial charge on any atom is -0.460 e. The minimum absolute atomic E-state index is 0.0215. The smallest absolute Gasteiger partial charge is 0.410 e. The number of hydrogen-bond acceptors (Lipinski definition) is 4. The second kappa shape index (κ2) is 6.77. The summed E-state index contributed by atoms with van der Waals surface area (Å²) in [5.74, 6) is -5.40. The van der Waals surface area contributed by atoms with E-state index in [9.17, 15) is 18.4 Å². The zero-order chi connectivity index (χ0) is 19.9. The number of alkyl halides is 2. The fraction of sp³-hybridized carbons (Fsp3) is 0.600. The van der Waals surface area contributed by atoms with Gasteiger partial charge >= 0.3 is 12.1 Å². The molecule has 1 amide bonds. The van der Waals surface area contributed by atoms with E-state index in [4.69, 9.17) is 9.47 Å². The Morgan fingerprint density at radius 1 is 1.15 bits per heavy atom. The van der Waals surface area contributed by atoms with E-state index in [-0.39, 0.29) is 32.5 Å². The van der Waals surface area contributed by atoms with Crippen LogP contribution in [0.3, 0.4) is 0 Å². The first-order valence-corrected chi connectivity index (χ1v) is 9.13. The summed E-state index contributed by atoms with van der Waals surface area (Å²) in [5, 5.41) is 0. The molecule has 1 aliphatic carbocycles. The van der Waals surface area contributed by atoms with Gasteiger partial charge in [0.15, 0.2) is 0 Å². The Hall–Kier alpha value is -2.18. The van der Waals surface area contributed by atoms with Gasteiger partial charge in [-0.15, -0.1) is 0 Å². The van der Waals surface area contributed by atoms with Crippen molar-refractivity contribution in [2.45, 2.75) is 51.7 Å². The van der Waals surface area contributed by atoms with Crippen molar-refractivity contribution >= 4 is 12.1 Å². The quantitative estimate of drug-likeness (QED) is 0.743. The van der Waals surface area contributed by atoms with Gasteiger partial charge < -0.3 is 14.4 Å². The molecule has 1 aromatic carbocycles. The fourth-order valence-corrected chi connectivity index (χ4v) is 3.73. The highest BCUT2D eigenvalue weighted by molar-refractivity contribution is 5.80. The van der Waals surface area contributed by atoms with E-state index < -0.39 is 34.9 Å². The number of amides is 1. The first-order chi connectivity index (χ1) is 12.6. The van der Waals surface area contributed by atoms with Crippen molar-refractivity contribution in [3.05, 3.63) is 35.9 Å². The maximum absolute atomic E-state index is 14.5. The van der Waals surface area contributed by atoms with Gasteiger partial charge in [-0.1, -0.05) is 30.3 Å². The Balaban J connectivity index is 1.57. The maximum Gasteiger partial charge on any atom is 0.410 e. The summed E-state index contributed by atoms with van der Waals surface area (Å²) in [7, 11) is 0. The zero-order valence-corrected chi connectivity index (χ0v) is 15.8. The van der Waals surface area contributed by atoms with Gasteiger partial charge in [0, 0.05) is 13.1 Å². The molecule has 1 saturated carbocycles. The molecule has 0 radical (unpaired) electrons. The molecule has 5 nitrogen and oxygen atoms in total. The maximum atomic E-state index is 14.5. The van der Waals surface area contributed by atoms with E-state index in [1.807, 2.05) is 6.07 Å². The van der Waals surface area contributed by atoms with E-state index >= 15 is 0 Å². The van der Waals surface area contributed by atoms with Crippen molar-refractivity contribution in [2.75, 3.05) is 13.1 Å². The second-order valence-electron chi connectivity index (χ2n) is 8.27. The third-order valence-corrected chi connectivity index (χ3v) is 5.26. The van der Waals surface area contributed by atoms with Crippen LogP contribution in [-0.2, 0) is 20.9 Å². The van der Waals surface area contributed by atoms with Gasteiger partial charge in [-0.25, -0.2) is 13.6 Å². The molecule has 1 atom stereocenters. The summed E-state index contributed by atoms with van der Waals surface area (Å²) in [5.41, 5.74) is -1.29. The van der Waals surface area contributed by atoms with Crippen molar-refractivity contribution in [2.24, 2.45) is 11.3 Å². The summed E-state index contributed by atoms with van der Waals surface area (Å²) in [4.78, 5) is 25.8. The fourth-order valence-electron chi connectivity index (χ4n) is 3.73. The Morgan fingerprint density at radius 2 is 1.74 bits per heavy atom. The molecule has 1 aliphatic heterocycles. The molecule has 2 fully saturated rings. The van der Waals surface area contributed by atoms with Crippen molar-refractivity contribution in [1.82, 2.24) is 4.90 Å². The third-order valence-electron chi connectivity index (χ3n) is 5.26. The molecule has 0 bridgehead atoms. The first kappa shape index (κ1) is 19.6. The third kappa shape index (κ3) is 3.77. The Bertz CT molecular complexity index is 706. The lowest BCUT2D eigenvalue weighted by Crippen LogP contribution is -2.43. The van der Waals surface area contributed by atoms with Crippen molar-refractivity contribution in [1.29, 1.82) is 0 Å². The number of benzene rings is 1. The molecule has 148 valence electrons. The van der Waals surface area contributed by atoms with E-state index in [0.29, 0.717) is 0 Å². The zero-order valence-electron chi connectivity index (χ0n) is 15.8. The van der Waals surface area contributed by atoms with Crippen molar-refractivity contribution in [3.63, 3.8) is 0 Å². The summed E-state index contributed by atoms with van der Waals surface area (Å²) in [6.45, 7) is 5.53. The van der Waals surface area contributed by atoms with Crippen LogP contribution in [0.5, 0.6) is 0 Å². The Labute approximate surface area is 157 Å². The predicted molar refractivity (Wildman–Crippen MR) is 94.1 cm³/mol. The molecule has 7 heteroatoms. The van der Waals surface area contributed by atoms with Crippen LogP contribution in [0.15, 0.2) is 30.3 Å². The van der Waals surface area contributed by atoms with E-state index in [2.05, 4.69) is 0 Å². The average molecular weight is 381 g/mol. The molecule has 0 N–H and O–H groups in total. The normalized spacial score (nSPS) is 23.0. The van der Waals surface area contributed by atoms with Crippen molar-refractivity contribution in [3.8, 4) is 0 Å². The highest BCUT2D eigenvalue weighted by atomic mass is 19.3. The van der Waals surface area contributed by atoms with Gasteiger partial charge in [-0.2, -0.15) is 0 Å². The van der Waals surface area contributed by atoms with Crippen LogP contribution in [0.1, 0.15) is 39.2 Å². The summed E-state index contributed by atoms with van der Waals surface area (Å²) >= 11 is 0. The standard InChI is InChI=1S/C20H25F2NO4/c1-18(2,3)27-17(25)23-11-9-19(10-12-23)15(20(19,21)22)16(24)26-13-14-7-5-4-6-8-14/h4-8,15H,9-13H2,1-3H3. The topological polar surface area (TPSA) is 55.8 Å². The molecule has 1 aromatic rings. The molecule has 1 heterocycles. The highest BCUT2D eigenvalue weighted by Crippen LogP contribution is 2.71. The Morgan fingerprint density at radius 3 is 2.30 bits per heavy atom. The SMILES string of the molecule is CC(C)(C)OC(=O)N1CCC2(CC1)C(C(=O)OCc1ccccc1)C2(F)F. The van der Waals surface area contributed by atoms with Crippen LogP contribution < -0.4 is 0 Å². The number of hydrogen-bond donors (Lipinski definition) is 0. The van der Waals surface area contributed by atoms with E-state index in [1.165, 1.54) is 4.90 Å². The number of likely N-dealkylation sites (tertiary alicyclic amines) is 1. The number of rotatable bonds is 3. The number of carbonyl (C=O) groups is 2. The first-order valence-electron chi connectivity index (χ1n) is 9.13. The summed E-state index contributed by atoms with van der Waals surface area (Å²) in [6.07, 6.45) is -0.390. The lowest BCUT2D eigenvalue weighted by atomic mass is 9.90. The van der Waals surface area contributed by atoms with E-state index in [0.717, 1.165) is 5.56 Å². The number of ether oxygens (including phenoxy) is 2. The van der Waals surface area contributed by atoms with Crippen molar-refractivity contribution < 1.29 is 27.8 Å². The molecular formula is C20H25F2NO4. The minimum atomic E-state index is -3.10. The van der Waals surface area contributed by atoms with Gasteiger partial charge in [0.05, 0.1) is 5.41 Å². The number of halogens is 2. The lowest BCUT2D eigenvalue weighted by molar-refractivity contribution is -0.149. The average Bonchev–Trinajstić information content (AvgIpc) is 3.06. The molecule has 1 unspecified atom stereocenters. The number of esters is 1. The molecule has 2 aliphatic rings. The molecule has 3 rings (SSSR count). The van der Waals surface area contributed by atoms with Gasteiger partial charge in [-0.05, 0) is 39.2 Å². The Kier molecular flexibility index (Phi) is 4.91.